The van der Waals surface area contributed by atoms with Crippen molar-refractivity contribution in [3.63, 3.8) is 0 Å². The second-order valence-electron chi connectivity index (χ2n) is 2.52. The third kappa shape index (κ3) is 6.07. The van der Waals surface area contributed by atoms with Crippen LogP contribution in [0.2, 0.25) is 0 Å². The summed E-state index contributed by atoms with van der Waals surface area (Å²) in [6, 6.07) is 0. The molecule has 0 fully saturated rings. The summed E-state index contributed by atoms with van der Waals surface area (Å²) in [5.74, 6) is 0. The first kappa shape index (κ1) is 10.7. The molecule has 0 aromatic rings. The molecule has 0 aliphatic rings. The molecule has 0 heterocycles. The van der Waals surface area contributed by atoms with Gasteiger partial charge in [0.2, 0.25) is 0 Å². The molecule has 0 N–H and O–H groups in total. The molecule has 0 spiro atoms. The molecule has 2 nitrogen and oxygen atoms in total. The Morgan fingerprint density at radius 1 is 1.18 bits per heavy atom. The Kier molecular flexibility index (Phi) is 7.52. The largest absolute Gasteiger partial charge is 0.380 e. The molecular weight excluding hydrogens is 140 g/mol. The average molecular weight is 158 g/mol. The second kappa shape index (κ2) is 7.76. The lowest BCUT2D eigenvalue weighted by Crippen LogP contribution is -2.01. The zero-order chi connectivity index (χ0) is 8.53. The predicted octanol–water partition coefficient (Wildman–Crippen LogP) is 2.01. The monoisotopic (exact) mass is 158 g/mol. The van der Waals surface area contributed by atoms with E-state index in [1.165, 1.54) is 12.0 Å². The third-order valence-corrected chi connectivity index (χ3v) is 1.38. The Balaban J connectivity index is 3.66. The summed E-state index contributed by atoms with van der Waals surface area (Å²) in [5.41, 5.74) is 1.23. The fourth-order valence-corrected chi connectivity index (χ4v) is 0.879. The van der Waals surface area contributed by atoms with Gasteiger partial charge in [-0.3, -0.25) is 0 Å². The molecule has 0 rings (SSSR count). The smallest absolute Gasteiger partial charge is 0.0695 e. The maximum absolute atomic E-state index is 5.01. The van der Waals surface area contributed by atoms with Crippen LogP contribution >= 0.6 is 0 Å². The highest BCUT2D eigenvalue weighted by atomic mass is 16.5. The van der Waals surface area contributed by atoms with Crippen molar-refractivity contribution >= 4 is 0 Å². The highest BCUT2D eigenvalue weighted by Gasteiger charge is 1.93. The number of methoxy groups -OCH3 is 2. The van der Waals surface area contributed by atoms with Gasteiger partial charge in [0.25, 0.3) is 0 Å². The maximum atomic E-state index is 5.01. The molecule has 0 unspecified atom stereocenters. The van der Waals surface area contributed by atoms with Crippen LogP contribution in [0.1, 0.15) is 19.8 Å². The summed E-state index contributed by atoms with van der Waals surface area (Å²) in [6.45, 7) is 3.54. The van der Waals surface area contributed by atoms with Gasteiger partial charge >= 0.3 is 0 Å². The van der Waals surface area contributed by atoms with E-state index in [9.17, 15) is 0 Å². The highest BCUT2D eigenvalue weighted by molar-refractivity contribution is 5.02. The molecule has 0 radical (unpaired) electrons. The van der Waals surface area contributed by atoms with Gasteiger partial charge in [0, 0.05) is 14.2 Å². The van der Waals surface area contributed by atoms with Gasteiger partial charge in [-0.15, -0.1) is 0 Å². The van der Waals surface area contributed by atoms with Gasteiger partial charge < -0.3 is 9.47 Å². The van der Waals surface area contributed by atoms with Crippen LogP contribution in [0.15, 0.2) is 11.6 Å². The summed E-state index contributed by atoms with van der Waals surface area (Å²) < 4.78 is 10.0. The fourth-order valence-electron chi connectivity index (χ4n) is 0.879. The number of ether oxygens (including phenoxy) is 2. The fraction of sp³-hybridized carbons (Fsp3) is 0.778. The van der Waals surface area contributed by atoms with Gasteiger partial charge in [-0.25, -0.2) is 0 Å². The third-order valence-electron chi connectivity index (χ3n) is 1.38. The molecule has 0 saturated carbocycles. The minimum Gasteiger partial charge on any atom is -0.380 e. The normalized spacial score (nSPS) is 9.73. The lowest BCUT2D eigenvalue weighted by molar-refractivity contribution is 0.181. The molecule has 0 aromatic heterocycles. The number of hydrogen-bond donors (Lipinski definition) is 0. The van der Waals surface area contributed by atoms with Crippen molar-refractivity contribution in [1.29, 1.82) is 0 Å². The Labute approximate surface area is 69.2 Å². The van der Waals surface area contributed by atoms with Crippen molar-refractivity contribution in [2.24, 2.45) is 0 Å². The number of rotatable bonds is 6. The summed E-state index contributed by atoms with van der Waals surface area (Å²) in [5, 5.41) is 0. The minimum atomic E-state index is 0.688. The Morgan fingerprint density at radius 2 is 1.73 bits per heavy atom. The quantitative estimate of drug-likeness (QED) is 0.550. The van der Waals surface area contributed by atoms with E-state index in [0.717, 1.165) is 6.42 Å². The summed E-state index contributed by atoms with van der Waals surface area (Å²) in [6.07, 6.45) is 4.48. The zero-order valence-electron chi connectivity index (χ0n) is 7.72. The molecule has 66 valence electrons. The van der Waals surface area contributed by atoms with Crippen molar-refractivity contribution in [2.45, 2.75) is 19.8 Å². The zero-order valence-corrected chi connectivity index (χ0v) is 7.72. The van der Waals surface area contributed by atoms with Gasteiger partial charge in [-0.1, -0.05) is 19.4 Å². The Morgan fingerprint density at radius 3 is 2.09 bits per heavy atom. The molecule has 0 bridgehead atoms. The van der Waals surface area contributed by atoms with Crippen LogP contribution in [0.4, 0.5) is 0 Å². The second-order valence-corrected chi connectivity index (χ2v) is 2.52. The Bertz CT molecular complexity index is 100. The van der Waals surface area contributed by atoms with Gasteiger partial charge in [0.05, 0.1) is 13.2 Å². The first-order chi connectivity index (χ1) is 5.35. The lowest BCUT2D eigenvalue weighted by atomic mass is 10.2. The number of allylic oxidation sites excluding steroid dienone is 1. The molecule has 0 atom stereocenters. The van der Waals surface area contributed by atoms with Crippen molar-refractivity contribution in [3.8, 4) is 0 Å². The van der Waals surface area contributed by atoms with Crippen LogP contribution < -0.4 is 0 Å². The van der Waals surface area contributed by atoms with E-state index in [4.69, 9.17) is 9.47 Å². The van der Waals surface area contributed by atoms with E-state index in [1.54, 1.807) is 14.2 Å². The van der Waals surface area contributed by atoms with Crippen LogP contribution in [0.3, 0.4) is 0 Å². The lowest BCUT2D eigenvalue weighted by Gasteiger charge is -2.03. The summed E-state index contributed by atoms with van der Waals surface area (Å²) in [4.78, 5) is 0. The van der Waals surface area contributed by atoms with Crippen LogP contribution in [-0.2, 0) is 9.47 Å². The van der Waals surface area contributed by atoms with Gasteiger partial charge in [-0.2, -0.15) is 0 Å². The Hall–Kier alpha value is -0.340. The number of unbranched alkanes of at least 4 members (excludes halogenated alkanes) is 1. The van der Waals surface area contributed by atoms with Gasteiger partial charge in [-0.05, 0) is 12.0 Å². The van der Waals surface area contributed by atoms with Crippen LogP contribution in [0, 0.1) is 0 Å². The molecule has 2 heteroatoms. The molecule has 11 heavy (non-hydrogen) atoms. The van der Waals surface area contributed by atoms with E-state index >= 15 is 0 Å². The minimum absolute atomic E-state index is 0.688. The van der Waals surface area contributed by atoms with Crippen molar-refractivity contribution in [1.82, 2.24) is 0 Å². The van der Waals surface area contributed by atoms with E-state index in [0.29, 0.717) is 13.2 Å². The molecular formula is C9H18O2. The van der Waals surface area contributed by atoms with E-state index < -0.39 is 0 Å². The summed E-state index contributed by atoms with van der Waals surface area (Å²) >= 11 is 0. The average Bonchev–Trinajstić information content (AvgIpc) is 2.01. The van der Waals surface area contributed by atoms with E-state index in [-0.39, 0.29) is 0 Å². The van der Waals surface area contributed by atoms with Crippen molar-refractivity contribution < 1.29 is 9.47 Å². The molecule has 0 aliphatic carbocycles. The van der Waals surface area contributed by atoms with E-state index in [1.807, 2.05) is 0 Å². The SMILES string of the molecule is CCCC=C(COC)COC. The topological polar surface area (TPSA) is 18.5 Å². The van der Waals surface area contributed by atoms with Crippen molar-refractivity contribution in [2.75, 3.05) is 27.4 Å². The standard InChI is InChI=1S/C9H18O2/c1-4-5-6-9(7-10-2)8-11-3/h6H,4-5,7-8H2,1-3H3. The molecule has 0 saturated heterocycles. The molecule has 0 amide bonds. The first-order valence-electron chi connectivity index (χ1n) is 4.00. The highest BCUT2D eigenvalue weighted by Crippen LogP contribution is 1.99. The van der Waals surface area contributed by atoms with Crippen LogP contribution in [0.25, 0.3) is 0 Å². The number of hydrogen-bond acceptors (Lipinski definition) is 2. The first-order valence-corrected chi connectivity index (χ1v) is 4.00. The van der Waals surface area contributed by atoms with Crippen LogP contribution in [-0.4, -0.2) is 27.4 Å². The van der Waals surface area contributed by atoms with Gasteiger partial charge in [0.15, 0.2) is 0 Å². The summed E-state index contributed by atoms with van der Waals surface area (Å²) in [7, 11) is 3.41. The maximum Gasteiger partial charge on any atom is 0.0695 e. The molecule has 0 aromatic carbocycles. The van der Waals surface area contributed by atoms with Crippen molar-refractivity contribution in [3.05, 3.63) is 11.6 Å². The predicted molar refractivity (Wildman–Crippen MR) is 46.7 cm³/mol. The molecule has 0 aliphatic heterocycles. The van der Waals surface area contributed by atoms with Crippen LogP contribution in [0.5, 0.6) is 0 Å². The van der Waals surface area contributed by atoms with Gasteiger partial charge in [0.1, 0.15) is 0 Å². The van der Waals surface area contributed by atoms with E-state index in [2.05, 4.69) is 13.0 Å².